The first-order chi connectivity index (χ1) is 12.2. The van der Waals surface area contributed by atoms with Crippen LogP contribution in [0.15, 0.2) is 36.8 Å². The molecule has 2 aromatic heterocycles. The highest BCUT2D eigenvalue weighted by atomic mass is 16.2. The van der Waals surface area contributed by atoms with Gasteiger partial charge in [-0.1, -0.05) is 6.07 Å². The predicted octanol–water partition coefficient (Wildman–Crippen LogP) is 1.32. The lowest BCUT2D eigenvalue weighted by atomic mass is 10.1. The minimum atomic E-state index is -0.0768. The number of urea groups is 1. The van der Waals surface area contributed by atoms with Crippen molar-refractivity contribution in [1.29, 1.82) is 0 Å². The molecule has 1 fully saturated rings. The third-order valence-electron chi connectivity index (χ3n) is 4.49. The van der Waals surface area contributed by atoms with Gasteiger partial charge in [-0.15, -0.1) is 0 Å². The first-order valence-electron chi connectivity index (χ1n) is 8.83. The molecule has 0 radical (unpaired) electrons. The number of rotatable bonds is 6. The van der Waals surface area contributed by atoms with Gasteiger partial charge < -0.3 is 10.6 Å². The van der Waals surface area contributed by atoms with Crippen molar-refractivity contribution in [1.82, 2.24) is 30.3 Å². The molecule has 0 spiro atoms. The molecule has 0 aromatic carbocycles. The second-order valence-corrected chi connectivity index (χ2v) is 6.54. The van der Waals surface area contributed by atoms with Crippen molar-refractivity contribution < 1.29 is 4.79 Å². The van der Waals surface area contributed by atoms with Crippen LogP contribution in [0.3, 0.4) is 0 Å². The second-order valence-electron chi connectivity index (χ2n) is 6.54. The van der Waals surface area contributed by atoms with Gasteiger partial charge in [0.25, 0.3) is 0 Å². The molecule has 3 rings (SSSR count). The monoisotopic (exact) mass is 342 g/mol. The van der Waals surface area contributed by atoms with E-state index in [1.165, 1.54) is 0 Å². The first-order valence-corrected chi connectivity index (χ1v) is 8.83. The summed E-state index contributed by atoms with van der Waals surface area (Å²) in [7, 11) is 1.89. The summed E-state index contributed by atoms with van der Waals surface area (Å²) in [6.07, 6.45) is 8.38. The van der Waals surface area contributed by atoms with E-state index in [0.717, 1.165) is 50.2 Å². The van der Waals surface area contributed by atoms with Gasteiger partial charge in [0.2, 0.25) is 0 Å². The second kappa shape index (κ2) is 8.62. The van der Waals surface area contributed by atoms with E-state index in [9.17, 15) is 4.79 Å². The average Bonchev–Trinajstić information content (AvgIpc) is 3.03. The van der Waals surface area contributed by atoms with Gasteiger partial charge in [0.1, 0.15) is 0 Å². The number of hydrogen-bond donors (Lipinski definition) is 2. The molecule has 7 nitrogen and oxygen atoms in total. The topological polar surface area (TPSA) is 75.1 Å². The van der Waals surface area contributed by atoms with Gasteiger partial charge in [0.15, 0.2) is 0 Å². The minimum Gasteiger partial charge on any atom is -0.338 e. The molecule has 0 saturated carbocycles. The molecule has 7 heteroatoms. The SMILES string of the molecule is Cn1cc(CCNC(=O)NC2CCN(Cc3ccccn3)CC2)cn1. The molecule has 0 unspecified atom stereocenters. The van der Waals surface area contributed by atoms with Gasteiger partial charge in [-0.05, 0) is 37.0 Å². The summed E-state index contributed by atoms with van der Waals surface area (Å²) in [5.41, 5.74) is 2.23. The number of pyridine rings is 1. The van der Waals surface area contributed by atoms with Gasteiger partial charge in [-0.25, -0.2) is 4.79 Å². The smallest absolute Gasteiger partial charge is 0.315 e. The standard InChI is InChI=1S/C18H26N6O/c1-23-13-15(12-21-23)5-9-20-18(25)22-16-6-10-24(11-7-16)14-17-4-2-3-8-19-17/h2-4,8,12-13,16H,5-7,9-11,14H2,1H3,(H2,20,22,25). The highest BCUT2D eigenvalue weighted by Crippen LogP contribution is 2.12. The molecule has 0 bridgehead atoms. The van der Waals surface area contributed by atoms with E-state index in [0.29, 0.717) is 6.54 Å². The lowest BCUT2D eigenvalue weighted by Crippen LogP contribution is -2.48. The Bertz CT molecular complexity index is 663. The van der Waals surface area contributed by atoms with E-state index in [2.05, 4.69) is 31.7 Å². The lowest BCUT2D eigenvalue weighted by Gasteiger charge is -2.32. The zero-order chi connectivity index (χ0) is 17.5. The van der Waals surface area contributed by atoms with E-state index in [1.54, 1.807) is 4.68 Å². The molecule has 2 N–H and O–H groups in total. The Morgan fingerprint density at radius 1 is 1.32 bits per heavy atom. The van der Waals surface area contributed by atoms with E-state index in [4.69, 9.17) is 0 Å². The third kappa shape index (κ3) is 5.56. The summed E-state index contributed by atoms with van der Waals surface area (Å²) in [6, 6.07) is 6.18. The minimum absolute atomic E-state index is 0.0768. The van der Waals surface area contributed by atoms with Gasteiger partial charge >= 0.3 is 6.03 Å². The first kappa shape index (κ1) is 17.4. The highest BCUT2D eigenvalue weighted by molar-refractivity contribution is 5.74. The van der Waals surface area contributed by atoms with Crippen LogP contribution >= 0.6 is 0 Å². The van der Waals surface area contributed by atoms with Crippen LogP contribution in [-0.4, -0.2) is 51.4 Å². The largest absolute Gasteiger partial charge is 0.338 e. The Morgan fingerprint density at radius 2 is 2.16 bits per heavy atom. The van der Waals surface area contributed by atoms with E-state index >= 15 is 0 Å². The normalized spacial score (nSPS) is 15.9. The molecule has 2 amide bonds. The fraction of sp³-hybridized carbons (Fsp3) is 0.500. The fourth-order valence-corrected chi connectivity index (χ4v) is 3.11. The molecule has 134 valence electrons. The summed E-state index contributed by atoms with van der Waals surface area (Å²) in [6.45, 7) is 3.47. The number of nitrogens with one attached hydrogen (secondary N) is 2. The van der Waals surface area contributed by atoms with Crippen LogP contribution in [0.5, 0.6) is 0 Å². The van der Waals surface area contributed by atoms with Crippen molar-refractivity contribution in [3.8, 4) is 0 Å². The molecule has 25 heavy (non-hydrogen) atoms. The van der Waals surface area contributed by atoms with Gasteiger partial charge in [-0.2, -0.15) is 5.10 Å². The Morgan fingerprint density at radius 3 is 2.84 bits per heavy atom. The van der Waals surface area contributed by atoms with Gasteiger partial charge in [0.05, 0.1) is 11.9 Å². The predicted molar refractivity (Wildman–Crippen MR) is 96.0 cm³/mol. The number of aromatic nitrogens is 3. The summed E-state index contributed by atoms with van der Waals surface area (Å²) in [5, 5.41) is 10.1. The summed E-state index contributed by atoms with van der Waals surface area (Å²) < 4.78 is 1.77. The Kier molecular flexibility index (Phi) is 6.00. The maximum absolute atomic E-state index is 12.0. The van der Waals surface area contributed by atoms with Crippen LogP contribution < -0.4 is 10.6 Å². The van der Waals surface area contributed by atoms with Crippen molar-refractivity contribution in [3.05, 3.63) is 48.0 Å². The summed E-state index contributed by atoms with van der Waals surface area (Å²) in [5.74, 6) is 0. The van der Waals surface area contributed by atoms with Gasteiger partial charge in [-0.3, -0.25) is 14.6 Å². The number of hydrogen-bond acceptors (Lipinski definition) is 4. The fourth-order valence-electron chi connectivity index (χ4n) is 3.11. The van der Waals surface area contributed by atoms with Crippen LogP contribution in [-0.2, 0) is 20.0 Å². The number of aryl methyl sites for hydroxylation is 1. The lowest BCUT2D eigenvalue weighted by molar-refractivity contribution is 0.185. The van der Waals surface area contributed by atoms with E-state index in [1.807, 2.05) is 37.8 Å². The molecular weight excluding hydrogens is 316 g/mol. The molecule has 0 aliphatic carbocycles. The van der Waals surface area contributed by atoms with Crippen LogP contribution in [0.1, 0.15) is 24.1 Å². The maximum Gasteiger partial charge on any atom is 0.315 e. The van der Waals surface area contributed by atoms with Crippen LogP contribution in [0, 0.1) is 0 Å². The summed E-state index contributed by atoms with van der Waals surface area (Å²) in [4.78, 5) is 18.8. The zero-order valence-corrected chi connectivity index (χ0v) is 14.7. The van der Waals surface area contributed by atoms with E-state index < -0.39 is 0 Å². The number of amides is 2. The average molecular weight is 342 g/mol. The summed E-state index contributed by atoms with van der Waals surface area (Å²) >= 11 is 0. The molecule has 3 heterocycles. The Balaban J connectivity index is 1.32. The van der Waals surface area contributed by atoms with Crippen molar-refractivity contribution in [2.24, 2.45) is 7.05 Å². The maximum atomic E-state index is 12.0. The molecule has 1 saturated heterocycles. The molecule has 1 aliphatic rings. The Hall–Kier alpha value is -2.41. The number of piperidine rings is 1. The highest BCUT2D eigenvalue weighted by Gasteiger charge is 2.20. The molecule has 1 aliphatic heterocycles. The number of likely N-dealkylation sites (tertiary alicyclic amines) is 1. The quantitative estimate of drug-likeness (QED) is 0.830. The van der Waals surface area contributed by atoms with Crippen molar-refractivity contribution >= 4 is 6.03 Å². The number of carbonyl (C=O) groups excluding carboxylic acids is 1. The third-order valence-corrected chi connectivity index (χ3v) is 4.49. The zero-order valence-electron chi connectivity index (χ0n) is 14.7. The van der Waals surface area contributed by atoms with E-state index in [-0.39, 0.29) is 12.1 Å². The van der Waals surface area contributed by atoms with Crippen molar-refractivity contribution in [3.63, 3.8) is 0 Å². The van der Waals surface area contributed by atoms with Crippen molar-refractivity contribution in [2.45, 2.75) is 31.8 Å². The van der Waals surface area contributed by atoms with Crippen LogP contribution in [0.25, 0.3) is 0 Å². The molecular formula is C18H26N6O. The molecule has 2 aromatic rings. The van der Waals surface area contributed by atoms with Gasteiger partial charge in [0, 0.05) is 51.7 Å². The molecule has 0 atom stereocenters. The Labute approximate surface area is 148 Å². The van der Waals surface area contributed by atoms with Crippen LogP contribution in [0.2, 0.25) is 0 Å². The van der Waals surface area contributed by atoms with Crippen LogP contribution in [0.4, 0.5) is 4.79 Å². The number of nitrogens with zero attached hydrogens (tertiary/aromatic N) is 4. The van der Waals surface area contributed by atoms with Crippen molar-refractivity contribution in [2.75, 3.05) is 19.6 Å². The number of carbonyl (C=O) groups is 1.